The summed E-state index contributed by atoms with van der Waals surface area (Å²) in [4.78, 5) is 11.6. The second-order valence-corrected chi connectivity index (χ2v) is 4.53. The Hall–Kier alpha value is -1.42. The highest BCUT2D eigenvalue weighted by Gasteiger charge is 2.18. The molecule has 1 saturated heterocycles. The van der Waals surface area contributed by atoms with Crippen LogP contribution in [0.25, 0.3) is 0 Å². The maximum absolute atomic E-state index is 13.3. The van der Waals surface area contributed by atoms with E-state index in [0.29, 0.717) is 24.9 Å². The Kier molecular flexibility index (Phi) is 4.70. The molecule has 3 nitrogen and oxygen atoms in total. The Labute approximate surface area is 106 Å². The Bertz CT molecular complexity index is 403. The van der Waals surface area contributed by atoms with Gasteiger partial charge < -0.3 is 10.1 Å². The molecule has 1 aromatic carbocycles. The van der Waals surface area contributed by atoms with E-state index in [1.165, 1.54) is 6.07 Å². The highest BCUT2D eigenvalue weighted by atomic mass is 19.1. The molecule has 1 aromatic rings. The molecule has 0 radical (unpaired) electrons. The fraction of sp³-hybridized carbons (Fsp3) is 0.500. The van der Waals surface area contributed by atoms with Gasteiger partial charge >= 0.3 is 0 Å². The van der Waals surface area contributed by atoms with Gasteiger partial charge in [0.05, 0.1) is 12.5 Å². The second-order valence-electron chi connectivity index (χ2n) is 4.53. The number of hydrogen-bond acceptors (Lipinski definition) is 2. The Morgan fingerprint density at radius 2 is 2.28 bits per heavy atom. The van der Waals surface area contributed by atoms with Gasteiger partial charge in [-0.3, -0.25) is 4.79 Å². The van der Waals surface area contributed by atoms with Crippen LogP contribution in [0.15, 0.2) is 24.3 Å². The summed E-state index contributed by atoms with van der Waals surface area (Å²) in [5.74, 6) is -0.232. The van der Waals surface area contributed by atoms with E-state index in [2.05, 4.69) is 5.32 Å². The predicted molar refractivity (Wildman–Crippen MR) is 66.7 cm³/mol. The molecule has 1 aliphatic heterocycles. The lowest BCUT2D eigenvalue weighted by atomic mass is 10.1. The molecule has 1 aliphatic rings. The van der Waals surface area contributed by atoms with Crippen molar-refractivity contribution in [2.45, 2.75) is 31.8 Å². The summed E-state index contributed by atoms with van der Waals surface area (Å²) in [5.41, 5.74) is 0.634. The number of ether oxygens (including phenoxy) is 1. The first-order valence-electron chi connectivity index (χ1n) is 6.37. The van der Waals surface area contributed by atoms with Gasteiger partial charge in [-0.15, -0.1) is 0 Å². The van der Waals surface area contributed by atoms with E-state index in [4.69, 9.17) is 4.74 Å². The first-order valence-corrected chi connectivity index (χ1v) is 6.37. The number of carbonyl (C=O) groups is 1. The van der Waals surface area contributed by atoms with Gasteiger partial charge in [0.15, 0.2) is 0 Å². The summed E-state index contributed by atoms with van der Waals surface area (Å²) in [6, 6.07) is 6.63. The molecule has 1 fully saturated rings. The van der Waals surface area contributed by atoms with Crippen LogP contribution in [-0.2, 0) is 16.0 Å². The fourth-order valence-electron chi connectivity index (χ4n) is 2.12. The Balaban J connectivity index is 1.68. The monoisotopic (exact) mass is 251 g/mol. The molecular formula is C14H18FNO2. The summed E-state index contributed by atoms with van der Waals surface area (Å²) < 4.78 is 18.7. The maximum atomic E-state index is 13.3. The summed E-state index contributed by atoms with van der Waals surface area (Å²) in [6.07, 6.45) is 2.99. The Morgan fingerprint density at radius 3 is 3.00 bits per heavy atom. The van der Waals surface area contributed by atoms with E-state index in [1.807, 2.05) is 0 Å². The molecule has 1 N–H and O–H groups in total. The van der Waals surface area contributed by atoms with E-state index >= 15 is 0 Å². The van der Waals surface area contributed by atoms with E-state index in [-0.39, 0.29) is 17.8 Å². The van der Waals surface area contributed by atoms with Crippen molar-refractivity contribution in [2.24, 2.45) is 0 Å². The third-order valence-corrected chi connectivity index (χ3v) is 3.11. The summed E-state index contributed by atoms with van der Waals surface area (Å²) >= 11 is 0. The van der Waals surface area contributed by atoms with Gasteiger partial charge in [-0.1, -0.05) is 18.2 Å². The van der Waals surface area contributed by atoms with Crippen molar-refractivity contribution in [1.29, 1.82) is 0 Å². The standard InChI is InChI=1S/C14H18FNO2/c15-13-6-2-1-4-11(13)7-8-16-14(17)10-12-5-3-9-18-12/h1-2,4,6,12H,3,5,7-10H2,(H,16,17). The van der Waals surface area contributed by atoms with Crippen molar-refractivity contribution < 1.29 is 13.9 Å². The van der Waals surface area contributed by atoms with E-state index in [1.54, 1.807) is 18.2 Å². The Morgan fingerprint density at radius 1 is 1.44 bits per heavy atom. The van der Waals surface area contributed by atoms with Crippen LogP contribution in [0, 0.1) is 5.82 Å². The van der Waals surface area contributed by atoms with Crippen LogP contribution in [0.3, 0.4) is 0 Å². The number of halogens is 1. The molecule has 1 amide bonds. The highest BCUT2D eigenvalue weighted by Crippen LogP contribution is 2.14. The van der Waals surface area contributed by atoms with Gasteiger partial charge in [0.1, 0.15) is 5.82 Å². The molecule has 18 heavy (non-hydrogen) atoms. The van der Waals surface area contributed by atoms with Gasteiger partial charge in [0.2, 0.25) is 5.91 Å². The molecular weight excluding hydrogens is 233 g/mol. The zero-order valence-corrected chi connectivity index (χ0v) is 10.3. The molecule has 0 aromatic heterocycles. The number of benzene rings is 1. The quantitative estimate of drug-likeness (QED) is 0.869. The average Bonchev–Trinajstić information content (AvgIpc) is 2.84. The third-order valence-electron chi connectivity index (χ3n) is 3.11. The van der Waals surface area contributed by atoms with Crippen molar-refractivity contribution in [3.05, 3.63) is 35.6 Å². The number of carbonyl (C=O) groups excluding carboxylic acids is 1. The van der Waals surface area contributed by atoms with Crippen LogP contribution >= 0.6 is 0 Å². The largest absolute Gasteiger partial charge is 0.378 e. The number of hydrogen-bond donors (Lipinski definition) is 1. The van der Waals surface area contributed by atoms with E-state index in [9.17, 15) is 9.18 Å². The summed E-state index contributed by atoms with van der Waals surface area (Å²) in [5, 5.41) is 2.80. The van der Waals surface area contributed by atoms with Crippen LogP contribution in [0.4, 0.5) is 4.39 Å². The van der Waals surface area contributed by atoms with Crippen molar-refractivity contribution in [3.8, 4) is 0 Å². The SMILES string of the molecule is O=C(CC1CCCO1)NCCc1ccccc1F. The first-order chi connectivity index (χ1) is 8.75. The van der Waals surface area contributed by atoms with E-state index < -0.39 is 0 Å². The smallest absolute Gasteiger partial charge is 0.222 e. The average molecular weight is 251 g/mol. The van der Waals surface area contributed by atoms with Gasteiger partial charge in [0.25, 0.3) is 0 Å². The molecule has 2 rings (SSSR count). The minimum absolute atomic E-state index is 0.0155. The zero-order valence-electron chi connectivity index (χ0n) is 10.3. The topological polar surface area (TPSA) is 38.3 Å². The van der Waals surface area contributed by atoms with Crippen molar-refractivity contribution in [2.75, 3.05) is 13.2 Å². The first kappa shape index (κ1) is 13.0. The van der Waals surface area contributed by atoms with Crippen LogP contribution in [0.2, 0.25) is 0 Å². The van der Waals surface area contributed by atoms with Crippen LogP contribution in [0.1, 0.15) is 24.8 Å². The number of amides is 1. The van der Waals surface area contributed by atoms with Gasteiger partial charge in [0, 0.05) is 13.2 Å². The number of nitrogens with one attached hydrogen (secondary N) is 1. The molecule has 0 bridgehead atoms. The molecule has 0 spiro atoms. The normalized spacial score (nSPS) is 18.8. The lowest BCUT2D eigenvalue weighted by Gasteiger charge is -2.10. The molecule has 0 aliphatic carbocycles. The molecule has 1 atom stereocenters. The van der Waals surface area contributed by atoms with Gasteiger partial charge in [-0.2, -0.15) is 0 Å². The summed E-state index contributed by atoms with van der Waals surface area (Å²) in [6.45, 7) is 1.22. The molecule has 1 heterocycles. The molecule has 0 saturated carbocycles. The number of rotatable bonds is 5. The maximum Gasteiger partial charge on any atom is 0.222 e. The second kappa shape index (κ2) is 6.50. The zero-order chi connectivity index (χ0) is 12.8. The minimum atomic E-state index is -0.217. The van der Waals surface area contributed by atoms with Gasteiger partial charge in [-0.25, -0.2) is 4.39 Å². The van der Waals surface area contributed by atoms with E-state index in [0.717, 1.165) is 19.4 Å². The lowest BCUT2D eigenvalue weighted by Crippen LogP contribution is -2.29. The predicted octanol–water partition coefficient (Wildman–Crippen LogP) is 2.05. The fourth-order valence-corrected chi connectivity index (χ4v) is 2.12. The van der Waals surface area contributed by atoms with Crippen LogP contribution in [0.5, 0.6) is 0 Å². The highest BCUT2D eigenvalue weighted by molar-refractivity contribution is 5.76. The van der Waals surface area contributed by atoms with Crippen molar-refractivity contribution in [3.63, 3.8) is 0 Å². The van der Waals surface area contributed by atoms with Crippen molar-refractivity contribution in [1.82, 2.24) is 5.32 Å². The molecule has 4 heteroatoms. The molecule has 1 unspecified atom stereocenters. The molecule has 98 valence electrons. The third kappa shape index (κ3) is 3.81. The van der Waals surface area contributed by atoms with Crippen LogP contribution < -0.4 is 5.32 Å². The lowest BCUT2D eigenvalue weighted by molar-refractivity contribution is -0.123. The van der Waals surface area contributed by atoms with Crippen LogP contribution in [-0.4, -0.2) is 25.2 Å². The van der Waals surface area contributed by atoms with Crippen molar-refractivity contribution >= 4 is 5.91 Å². The van der Waals surface area contributed by atoms with Gasteiger partial charge in [-0.05, 0) is 30.9 Å². The minimum Gasteiger partial charge on any atom is -0.378 e. The summed E-state index contributed by atoms with van der Waals surface area (Å²) in [7, 11) is 0.